The smallest absolute Gasteiger partial charge is 0.296 e. The molecule has 114 valence electrons. The Balaban J connectivity index is 2.73. The number of H-pyrrole nitrogens is 1. The summed E-state index contributed by atoms with van der Waals surface area (Å²) in [4.78, 5) is 18.0. The van der Waals surface area contributed by atoms with Gasteiger partial charge in [-0.2, -0.15) is 13.7 Å². The third-order valence-electron chi connectivity index (χ3n) is 2.76. The number of hydrogen-bond donors (Lipinski definition) is 3. The average Bonchev–Trinajstić information content (AvgIpc) is 2.44. The largest absolute Gasteiger partial charge is 0.398 e. The number of aromatic nitrogens is 2. The van der Waals surface area contributed by atoms with Gasteiger partial charge in [0.05, 0.1) is 11.4 Å². The molecule has 0 saturated carbocycles. The molecule has 8 nitrogen and oxygen atoms in total. The second-order valence-electron chi connectivity index (χ2n) is 4.14. The Hall–Kier alpha value is -2.35. The molecular formula is C12H10N4O4S2. The summed E-state index contributed by atoms with van der Waals surface area (Å²) in [6, 6.07) is 5.38. The zero-order chi connectivity index (χ0) is 16.5. The molecule has 0 amide bonds. The Morgan fingerprint density at radius 1 is 1.45 bits per heavy atom. The molecule has 0 aliphatic carbocycles. The minimum Gasteiger partial charge on any atom is -0.398 e. The molecule has 1 aromatic carbocycles. The number of nitrogens with two attached hydrogens (primary N) is 1. The van der Waals surface area contributed by atoms with Crippen LogP contribution in [0.4, 0.5) is 5.69 Å². The van der Waals surface area contributed by atoms with Crippen molar-refractivity contribution in [3.05, 3.63) is 34.1 Å². The molecule has 2 aromatic rings. The summed E-state index contributed by atoms with van der Waals surface area (Å²) < 4.78 is 31.3. The van der Waals surface area contributed by atoms with Crippen LogP contribution < -0.4 is 11.3 Å². The molecule has 0 unspecified atom stereocenters. The number of nitrogens with zero attached hydrogens (tertiary/aromatic N) is 2. The zero-order valence-electron chi connectivity index (χ0n) is 11.2. The van der Waals surface area contributed by atoms with Crippen LogP contribution in [0.2, 0.25) is 0 Å². The van der Waals surface area contributed by atoms with E-state index in [9.17, 15) is 13.2 Å². The summed E-state index contributed by atoms with van der Waals surface area (Å²) >= 11 is 1.18. The minimum atomic E-state index is -4.45. The monoisotopic (exact) mass is 338 g/mol. The molecule has 2 rings (SSSR count). The van der Waals surface area contributed by atoms with E-state index in [2.05, 4.69) is 9.97 Å². The first-order chi connectivity index (χ1) is 10.3. The van der Waals surface area contributed by atoms with Gasteiger partial charge in [0.15, 0.2) is 5.16 Å². The van der Waals surface area contributed by atoms with E-state index in [1.165, 1.54) is 23.9 Å². The number of nitriles is 1. The van der Waals surface area contributed by atoms with Gasteiger partial charge in [-0.3, -0.25) is 9.35 Å². The number of hydrogen-bond acceptors (Lipinski definition) is 7. The van der Waals surface area contributed by atoms with E-state index in [0.717, 1.165) is 6.07 Å². The molecule has 0 fully saturated rings. The lowest BCUT2D eigenvalue weighted by Crippen LogP contribution is -2.14. The highest BCUT2D eigenvalue weighted by atomic mass is 32.2. The molecule has 0 aliphatic rings. The molecular weight excluding hydrogens is 328 g/mol. The molecule has 0 spiro atoms. The van der Waals surface area contributed by atoms with Crippen LogP contribution in [0.5, 0.6) is 0 Å². The van der Waals surface area contributed by atoms with Gasteiger partial charge < -0.3 is 10.7 Å². The van der Waals surface area contributed by atoms with Gasteiger partial charge in [-0.15, -0.1) is 0 Å². The van der Waals surface area contributed by atoms with E-state index in [-0.39, 0.29) is 16.9 Å². The Bertz CT molecular complexity index is 945. The highest BCUT2D eigenvalue weighted by Crippen LogP contribution is 2.27. The fourth-order valence-corrected chi connectivity index (χ4v) is 2.77. The van der Waals surface area contributed by atoms with Crippen molar-refractivity contribution in [3.8, 4) is 17.3 Å². The third kappa shape index (κ3) is 2.96. The fraction of sp³-hybridized carbons (Fsp3) is 0.0833. The quantitative estimate of drug-likeness (QED) is 0.323. The van der Waals surface area contributed by atoms with Crippen molar-refractivity contribution in [2.75, 3.05) is 12.0 Å². The molecule has 0 bridgehead atoms. The Morgan fingerprint density at radius 3 is 2.64 bits per heavy atom. The van der Waals surface area contributed by atoms with Gasteiger partial charge in [0, 0.05) is 5.56 Å². The lowest BCUT2D eigenvalue weighted by atomic mass is 10.1. The normalized spacial score (nSPS) is 11.1. The van der Waals surface area contributed by atoms with Crippen molar-refractivity contribution in [1.82, 2.24) is 9.97 Å². The minimum absolute atomic E-state index is 0.0872. The van der Waals surface area contributed by atoms with E-state index in [0.29, 0.717) is 10.7 Å². The van der Waals surface area contributed by atoms with Crippen LogP contribution in [-0.2, 0) is 10.1 Å². The van der Waals surface area contributed by atoms with Gasteiger partial charge in [-0.1, -0.05) is 17.8 Å². The van der Waals surface area contributed by atoms with Crippen LogP contribution in [-0.4, -0.2) is 29.2 Å². The molecule has 22 heavy (non-hydrogen) atoms. The summed E-state index contributed by atoms with van der Waals surface area (Å²) in [5, 5.41) is 9.40. The molecule has 1 heterocycles. The number of nitrogens with one attached hydrogen (secondary N) is 1. The van der Waals surface area contributed by atoms with Crippen molar-refractivity contribution in [2.24, 2.45) is 0 Å². The Morgan fingerprint density at radius 2 is 2.14 bits per heavy atom. The number of thioether (sulfide) groups is 1. The van der Waals surface area contributed by atoms with Gasteiger partial charge in [-0.25, -0.2) is 4.98 Å². The molecule has 0 radical (unpaired) electrons. The molecule has 10 heteroatoms. The van der Waals surface area contributed by atoms with Gasteiger partial charge >= 0.3 is 0 Å². The molecule has 1 aromatic heterocycles. The van der Waals surface area contributed by atoms with Crippen molar-refractivity contribution in [2.45, 2.75) is 10.1 Å². The van der Waals surface area contributed by atoms with Crippen molar-refractivity contribution in [3.63, 3.8) is 0 Å². The third-order valence-corrected chi connectivity index (χ3v) is 4.27. The maximum absolute atomic E-state index is 11.8. The molecule has 0 atom stereocenters. The van der Waals surface area contributed by atoms with Crippen LogP contribution in [0.15, 0.2) is 33.0 Å². The average molecular weight is 338 g/mol. The summed E-state index contributed by atoms with van der Waals surface area (Å²) in [6.45, 7) is 0. The van der Waals surface area contributed by atoms with Gasteiger partial charge in [0.2, 0.25) is 0 Å². The van der Waals surface area contributed by atoms with Crippen LogP contribution in [0.25, 0.3) is 11.3 Å². The maximum atomic E-state index is 11.8. The number of rotatable bonds is 3. The van der Waals surface area contributed by atoms with Crippen LogP contribution >= 0.6 is 11.8 Å². The van der Waals surface area contributed by atoms with E-state index < -0.39 is 20.6 Å². The number of nitrogen functional groups attached to an aromatic ring is 1. The fourth-order valence-electron chi connectivity index (χ4n) is 1.79. The Labute approximate surface area is 129 Å². The standard InChI is InChI=1S/C12H10N4O4S2/c1-21-12-15-10(7(5-13)11(17)16-12)6-2-3-9(8(14)4-6)22(18,19)20/h2-4H,14H2,1H3,(H,15,16,17)(H,18,19,20). The van der Waals surface area contributed by atoms with E-state index in [1.54, 1.807) is 12.3 Å². The number of aromatic amines is 1. The van der Waals surface area contributed by atoms with Crippen LogP contribution in [0.3, 0.4) is 0 Å². The predicted molar refractivity (Wildman–Crippen MR) is 81.0 cm³/mol. The van der Waals surface area contributed by atoms with Crippen LogP contribution in [0, 0.1) is 11.3 Å². The molecule has 4 N–H and O–H groups in total. The summed E-state index contributed by atoms with van der Waals surface area (Å²) in [6.07, 6.45) is 1.70. The lowest BCUT2D eigenvalue weighted by molar-refractivity contribution is 0.483. The first kappa shape index (κ1) is 16.0. The Kier molecular flexibility index (Phi) is 4.23. The topological polar surface area (TPSA) is 150 Å². The first-order valence-electron chi connectivity index (χ1n) is 5.73. The highest BCUT2D eigenvalue weighted by Gasteiger charge is 2.18. The van der Waals surface area contributed by atoms with Crippen molar-refractivity contribution in [1.29, 1.82) is 5.26 Å². The summed E-state index contributed by atoms with van der Waals surface area (Å²) in [5.74, 6) is 0. The molecule has 0 aliphatic heterocycles. The summed E-state index contributed by atoms with van der Waals surface area (Å²) in [7, 11) is -4.45. The summed E-state index contributed by atoms with van der Waals surface area (Å²) in [5.41, 5.74) is 4.96. The van der Waals surface area contributed by atoms with Crippen molar-refractivity contribution >= 4 is 27.6 Å². The molecule has 0 saturated heterocycles. The van der Waals surface area contributed by atoms with E-state index in [1.807, 2.05) is 0 Å². The zero-order valence-corrected chi connectivity index (χ0v) is 12.8. The van der Waals surface area contributed by atoms with Crippen molar-refractivity contribution < 1.29 is 13.0 Å². The second kappa shape index (κ2) is 5.80. The van der Waals surface area contributed by atoms with Crippen LogP contribution in [0.1, 0.15) is 5.56 Å². The maximum Gasteiger partial charge on any atom is 0.296 e. The lowest BCUT2D eigenvalue weighted by Gasteiger charge is -2.08. The van der Waals surface area contributed by atoms with E-state index in [4.69, 9.17) is 15.5 Å². The SMILES string of the molecule is CSc1nc(-c2ccc(S(=O)(=O)O)c(N)c2)c(C#N)c(=O)[nH]1. The number of anilines is 1. The second-order valence-corrected chi connectivity index (χ2v) is 6.32. The first-order valence-corrected chi connectivity index (χ1v) is 8.40. The van der Waals surface area contributed by atoms with Gasteiger partial charge in [0.25, 0.3) is 15.7 Å². The van der Waals surface area contributed by atoms with E-state index >= 15 is 0 Å². The van der Waals surface area contributed by atoms with Gasteiger partial charge in [0.1, 0.15) is 16.5 Å². The highest BCUT2D eigenvalue weighted by molar-refractivity contribution is 7.98. The predicted octanol–water partition coefficient (Wildman–Crippen LogP) is 0.859. The van der Waals surface area contributed by atoms with Gasteiger partial charge in [-0.05, 0) is 18.4 Å². The number of benzene rings is 1.